The molecule has 0 radical (unpaired) electrons. The fraction of sp³-hybridized carbons (Fsp3) is 0.816. The molecule has 0 aliphatic rings. The van der Waals surface area contributed by atoms with Gasteiger partial charge in [0.25, 0.3) is 0 Å². The lowest BCUT2D eigenvalue weighted by atomic mass is 10.0. The normalized spacial score (nSPS) is 13.2. The van der Waals surface area contributed by atoms with Crippen LogP contribution in [0.4, 0.5) is 0 Å². The summed E-state index contributed by atoms with van der Waals surface area (Å²) in [5.74, 6) is -0.808. The maximum absolute atomic E-state index is 12.8. The molecule has 0 spiro atoms. The van der Waals surface area contributed by atoms with Crippen molar-refractivity contribution >= 4 is 19.8 Å². The SMILES string of the molecule is CC/C=C\C/C=C\C/C=C\C/C=C\C/C=C\C/C=C\CCCCCCCCCCCCCCCCCCC(=O)OC(COC(=O)CCCCCCCCCCCCCCCCCCCCCCCCCCCCCCC/C=C\CCCCCCCCCC)COP(=O)(O)OCCN. The number of esters is 2. The molecular weight excluding hydrogens is 1220 g/mol. The number of hydrogen-bond donors (Lipinski definition) is 2. The van der Waals surface area contributed by atoms with Crippen molar-refractivity contribution in [3.8, 4) is 0 Å². The van der Waals surface area contributed by atoms with Gasteiger partial charge >= 0.3 is 19.8 Å². The summed E-state index contributed by atoms with van der Waals surface area (Å²) in [6, 6.07) is 0. The zero-order valence-corrected chi connectivity index (χ0v) is 65.0. The number of nitrogens with two attached hydrogens (primary N) is 1. The van der Waals surface area contributed by atoms with Crippen LogP contribution in [0.15, 0.2) is 85.1 Å². The molecule has 3 N–H and O–H groups in total. The Morgan fingerprint density at radius 2 is 0.567 bits per heavy atom. The Balaban J connectivity index is 3.75. The number of phosphoric ester groups is 1. The van der Waals surface area contributed by atoms with Gasteiger partial charge in [-0.2, -0.15) is 0 Å². The van der Waals surface area contributed by atoms with Gasteiger partial charge in [0, 0.05) is 19.4 Å². The molecule has 97 heavy (non-hydrogen) atoms. The van der Waals surface area contributed by atoms with Crippen molar-refractivity contribution in [2.45, 2.75) is 431 Å². The molecule has 0 saturated heterocycles. The van der Waals surface area contributed by atoms with Gasteiger partial charge in [-0.25, -0.2) is 4.57 Å². The Bertz CT molecular complexity index is 1870. The molecule has 0 aliphatic heterocycles. The van der Waals surface area contributed by atoms with E-state index in [1.54, 1.807) is 0 Å². The Hall–Kier alpha value is -2.81. The van der Waals surface area contributed by atoms with E-state index < -0.39 is 26.5 Å². The fourth-order valence-corrected chi connectivity index (χ4v) is 13.3. The van der Waals surface area contributed by atoms with Crippen LogP contribution in [-0.2, 0) is 32.7 Å². The topological polar surface area (TPSA) is 134 Å². The van der Waals surface area contributed by atoms with Crippen molar-refractivity contribution in [1.29, 1.82) is 0 Å². The van der Waals surface area contributed by atoms with E-state index in [0.29, 0.717) is 6.42 Å². The second-order valence-electron chi connectivity index (χ2n) is 28.3. The molecule has 566 valence electrons. The molecule has 0 aliphatic carbocycles. The molecule has 10 heteroatoms. The third-order valence-corrected chi connectivity index (χ3v) is 19.7. The van der Waals surface area contributed by atoms with Crippen LogP contribution in [0.1, 0.15) is 425 Å². The van der Waals surface area contributed by atoms with Crippen LogP contribution in [-0.4, -0.2) is 49.3 Å². The lowest BCUT2D eigenvalue weighted by Crippen LogP contribution is -2.29. The fourth-order valence-electron chi connectivity index (χ4n) is 12.6. The van der Waals surface area contributed by atoms with E-state index in [2.05, 4.69) is 98.9 Å². The summed E-state index contributed by atoms with van der Waals surface area (Å²) in [4.78, 5) is 35.5. The third kappa shape index (κ3) is 82.0. The maximum Gasteiger partial charge on any atom is 0.472 e. The molecule has 0 bridgehead atoms. The summed E-state index contributed by atoms with van der Waals surface area (Å²) in [5.41, 5.74) is 5.42. The summed E-state index contributed by atoms with van der Waals surface area (Å²) in [7, 11) is -4.40. The first-order valence-corrected chi connectivity index (χ1v) is 43.6. The number of allylic oxidation sites excluding steroid dienone is 14. The Morgan fingerprint density at radius 3 is 0.856 bits per heavy atom. The average Bonchev–Trinajstić information content (AvgIpc) is 2.69. The van der Waals surface area contributed by atoms with E-state index in [1.165, 1.54) is 315 Å². The van der Waals surface area contributed by atoms with Crippen LogP contribution in [0.5, 0.6) is 0 Å². The van der Waals surface area contributed by atoms with Gasteiger partial charge in [0.15, 0.2) is 6.10 Å². The van der Waals surface area contributed by atoms with Crippen molar-refractivity contribution in [3.05, 3.63) is 85.1 Å². The van der Waals surface area contributed by atoms with Gasteiger partial charge in [0.05, 0.1) is 13.2 Å². The Morgan fingerprint density at radius 1 is 0.320 bits per heavy atom. The first-order chi connectivity index (χ1) is 47.8. The molecule has 0 amide bonds. The minimum atomic E-state index is -4.40. The third-order valence-electron chi connectivity index (χ3n) is 18.8. The van der Waals surface area contributed by atoms with Crippen LogP contribution in [0.3, 0.4) is 0 Å². The van der Waals surface area contributed by atoms with E-state index in [9.17, 15) is 19.0 Å². The lowest BCUT2D eigenvalue weighted by Gasteiger charge is -2.19. The highest BCUT2D eigenvalue weighted by Gasteiger charge is 2.26. The van der Waals surface area contributed by atoms with Crippen LogP contribution < -0.4 is 5.73 Å². The molecular formula is C87H160NO8P. The molecule has 2 atom stereocenters. The van der Waals surface area contributed by atoms with Crippen LogP contribution >= 0.6 is 7.82 Å². The van der Waals surface area contributed by atoms with Crippen molar-refractivity contribution < 1.29 is 37.6 Å². The summed E-state index contributed by atoms with van der Waals surface area (Å²) < 4.78 is 33.3. The first kappa shape index (κ1) is 94.2. The van der Waals surface area contributed by atoms with Gasteiger partial charge in [-0.3, -0.25) is 18.6 Å². The number of ether oxygens (including phenoxy) is 2. The standard InChI is InChI=1S/C87H160NO8P/c1-3-5-7-9-11-13-15-17-19-21-23-25-27-29-31-33-35-37-39-40-41-42-43-44-46-47-49-51-53-55-57-59-61-63-65-67-69-71-73-75-77-79-86(89)93-83-85(84-95-97(91,92)94-82-81-88)96-87(90)80-78-76-74-72-70-68-66-64-62-60-58-56-54-52-50-48-45-38-36-34-32-30-28-26-24-22-20-18-16-14-12-10-8-6-4-2/h6,8,12,14,18,20-21,23-24,26,30,32,36,38,85H,3-5,7,9-11,13,15-17,19,22,25,27-29,31,33-35,37,39-84,88H2,1-2H3,(H,91,92)/b8-6-,14-12-,20-18-,23-21-,26-24-,32-30-,38-36-. The number of hydrogen-bond acceptors (Lipinski definition) is 8. The number of unbranched alkanes of at least 4 members (excludes halogenated alkanes) is 53. The highest BCUT2D eigenvalue weighted by Crippen LogP contribution is 2.43. The highest BCUT2D eigenvalue weighted by atomic mass is 31.2. The van der Waals surface area contributed by atoms with Crippen LogP contribution in [0.2, 0.25) is 0 Å². The quantitative estimate of drug-likeness (QED) is 0.0264. The summed E-state index contributed by atoms with van der Waals surface area (Å²) >= 11 is 0. The van der Waals surface area contributed by atoms with Crippen molar-refractivity contribution in [2.24, 2.45) is 5.73 Å². The second-order valence-corrected chi connectivity index (χ2v) is 29.8. The molecule has 0 saturated carbocycles. The predicted molar refractivity (Wildman–Crippen MR) is 422 cm³/mol. The zero-order chi connectivity index (χ0) is 70.0. The van der Waals surface area contributed by atoms with E-state index >= 15 is 0 Å². The van der Waals surface area contributed by atoms with Gasteiger partial charge in [-0.1, -0.05) is 407 Å². The van der Waals surface area contributed by atoms with E-state index in [0.717, 1.165) is 77.0 Å². The van der Waals surface area contributed by atoms with Crippen molar-refractivity contribution in [3.63, 3.8) is 0 Å². The van der Waals surface area contributed by atoms with E-state index in [4.69, 9.17) is 24.3 Å². The van der Waals surface area contributed by atoms with Gasteiger partial charge in [0.2, 0.25) is 0 Å². The number of rotatable bonds is 80. The first-order valence-electron chi connectivity index (χ1n) is 42.1. The average molecular weight is 1380 g/mol. The molecule has 0 aromatic carbocycles. The summed E-state index contributed by atoms with van der Waals surface area (Å²) in [6.45, 7) is 3.70. The van der Waals surface area contributed by atoms with Gasteiger partial charge in [-0.05, 0) is 89.9 Å². The number of phosphoric acid groups is 1. The lowest BCUT2D eigenvalue weighted by molar-refractivity contribution is -0.161. The molecule has 0 aromatic heterocycles. The minimum Gasteiger partial charge on any atom is -0.462 e. The molecule has 0 aromatic rings. The second kappa shape index (κ2) is 82.1. The molecule has 0 fully saturated rings. The Kier molecular flexibility index (Phi) is 79.8. The zero-order valence-electron chi connectivity index (χ0n) is 64.1. The number of carbonyl (C=O) groups is 2. The van der Waals surface area contributed by atoms with Gasteiger partial charge in [-0.15, -0.1) is 0 Å². The minimum absolute atomic E-state index is 0.0536. The molecule has 0 heterocycles. The smallest absolute Gasteiger partial charge is 0.462 e. The predicted octanol–water partition coefficient (Wildman–Crippen LogP) is 28.4. The monoisotopic (exact) mass is 1380 g/mol. The molecule has 2 unspecified atom stereocenters. The van der Waals surface area contributed by atoms with E-state index in [-0.39, 0.29) is 38.6 Å². The highest BCUT2D eigenvalue weighted by molar-refractivity contribution is 7.47. The Labute approximate surface area is 602 Å². The summed E-state index contributed by atoms with van der Waals surface area (Å²) in [6.07, 6.45) is 112. The molecule has 0 rings (SSSR count). The largest absolute Gasteiger partial charge is 0.472 e. The van der Waals surface area contributed by atoms with Gasteiger partial charge < -0.3 is 20.1 Å². The van der Waals surface area contributed by atoms with Crippen LogP contribution in [0.25, 0.3) is 0 Å². The summed E-state index contributed by atoms with van der Waals surface area (Å²) in [5, 5.41) is 0. The van der Waals surface area contributed by atoms with Gasteiger partial charge in [0.1, 0.15) is 6.61 Å². The van der Waals surface area contributed by atoms with Crippen LogP contribution in [0, 0.1) is 0 Å². The molecule has 9 nitrogen and oxygen atoms in total. The van der Waals surface area contributed by atoms with Crippen molar-refractivity contribution in [2.75, 3.05) is 26.4 Å². The van der Waals surface area contributed by atoms with E-state index in [1.807, 2.05) is 0 Å². The van der Waals surface area contributed by atoms with Crippen molar-refractivity contribution in [1.82, 2.24) is 0 Å². The maximum atomic E-state index is 12.8. The number of carbonyl (C=O) groups excluding carboxylic acids is 2.